The summed E-state index contributed by atoms with van der Waals surface area (Å²) in [4.78, 5) is 0. The SMILES string of the molecule is CS(=O)(=O)CCCNc1ccc2sccc2c1. The lowest BCUT2D eigenvalue weighted by molar-refractivity contribution is 0.600. The molecular formula is C12H15NO2S2. The molecule has 17 heavy (non-hydrogen) atoms. The third kappa shape index (κ3) is 3.71. The van der Waals surface area contributed by atoms with Crippen molar-refractivity contribution in [2.24, 2.45) is 0 Å². The summed E-state index contributed by atoms with van der Waals surface area (Å²) in [6.07, 6.45) is 1.91. The number of nitrogens with one attached hydrogen (secondary N) is 1. The van der Waals surface area contributed by atoms with Crippen LogP contribution in [-0.4, -0.2) is 27.0 Å². The molecule has 0 unspecified atom stereocenters. The van der Waals surface area contributed by atoms with Crippen LogP contribution in [0.1, 0.15) is 6.42 Å². The number of rotatable bonds is 5. The van der Waals surface area contributed by atoms with Crippen LogP contribution in [0.5, 0.6) is 0 Å². The fourth-order valence-electron chi connectivity index (χ4n) is 1.64. The van der Waals surface area contributed by atoms with Crippen molar-refractivity contribution in [3.05, 3.63) is 29.6 Å². The summed E-state index contributed by atoms with van der Waals surface area (Å²) in [5, 5.41) is 6.53. The van der Waals surface area contributed by atoms with Gasteiger partial charge in [0, 0.05) is 23.2 Å². The van der Waals surface area contributed by atoms with Crippen molar-refractivity contribution in [2.75, 3.05) is 23.9 Å². The van der Waals surface area contributed by atoms with Crippen LogP contribution in [-0.2, 0) is 9.84 Å². The van der Waals surface area contributed by atoms with Crippen LogP contribution in [0.2, 0.25) is 0 Å². The Labute approximate surface area is 105 Å². The molecule has 2 aromatic rings. The summed E-state index contributed by atoms with van der Waals surface area (Å²) in [5.74, 6) is 0.237. The fraction of sp³-hybridized carbons (Fsp3) is 0.333. The molecule has 0 atom stereocenters. The second-order valence-corrected chi connectivity index (χ2v) is 7.29. The minimum atomic E-state index is -2.84. The fourth-order valence-corrected chi connectivity index (χ4v) is 3.08. The smallest absolute Gasteiger partial charge is 0.147 e. The second-order valence-electron chi connectivity index (χ2n) is 4.08. The quantitative estimate of drug-likeness (QED) is 0.849. The highest BCUT2D eigenvalue weighted by Gasteiger charge is 2.01. The maximum atomic E-state index is 11.0. The van der Waals surface area contributed by atoms with Crippen molar-refractivity contribution in [1.82, 2.24) is 0 Å². The molecule has 92 valence electrons. The largest absolute Gasteiger partial charge is 0.385 e. The second kappa shape index (κ2) is 5.06. The van der Waals surface area contributed by atoms with Gasteiger partial charge in [0.25, 0.3) is 0 Å². The molecule has 0 aliphatic carbocycles. The molecule has 0 spiro atoms. The maximum Gasteiger partial charge on any atom is 0.147 e. The molecular weight excluding hydrogens is 254 g/mol. The Morgan fingerprint density at radius 3 is 2.88 bits per heavy atom. The third-order valence-electron chi connectivity index (χ3n) is 2.47. The van der Waals surface area contributed by atoms with Crippen molar-refractivity contribution in [2.45, 2.75) is 6.42 Å². The van der Waals surface area contributed by atoms with E-state index in [4.69, 9.17) is 0 Å². The summed E-state index contributed by atoms with van der Waals surface area (Å²) in [5.41, 5.74) is 1.05. The number of sulfone groups is 1. The average molecular weight is 269 g/mol. The van der Waals surface area contributed by atoms with E-state index in [1.165, 1.54) is 16.3 Å². The van der Waals surface area contributed by atoms with Crippen molar-refractivity contribution in [3.8, 4) is 0 Å². The normalized spacial score (nSPS) is 11.8. The van der Waals surface area contributed by atoms with E-state index in [2.05, 4.69) is 28.9 Å². The monoisotopic (exact) mass is 269 g/mol. The van der Waals surface area contributed by atoms with E-state index in [1.807, 2.05) is 6.07 Å². The van der Waals surface area contributed by atoms with Gasteiger partial charge < -0.3 is 5.32 Å². The van der Waals surface area contributed by atoms with E-state index in [1.54, 1.807) is 11.3 Å². The molecule has 0 bridgehead atoms. The average Bonchev–Trinajstić information content (AvgIpc) is 2.70. The van der Waals surface area contributed by atoms with E-state index in [-0.39, 0.29) is 5.75 Å². The van der Waals surface area contributed by atoms with Gasteiger partial charge in [-0.05, 0) is 41.5 Å². The Balaban J connectivity index is 1.90. The van der Waals surface area contributed by atoms with E-state index in [0.717, 1.165) is 5.69 Å². The Bertz CT molecular complexity index is 602. The number of hydrogen-bond donors (Lipinski definition) is 1. The molecule has 1 aromatic heterocycles. The molecule has 0 aliphatic rings. The summed E-state index contributed by atoms with van der Waals surface area (Å²) in [6.45, 7) is 0.683. The first-order valence-electron chi connectivity index (χ1n) is 5.43. The van der Waals surface area contributed by atoms with Gasteiger partial charge in [0.1, 0.15) is 9.84 Å². The molecule has 1 N–H and O–H groups in total. The lowest BCUT2D eigenvalue weighted by Crippen LogP contribution is -2.09. The minimum Gasteiger partial charge on any atom is -0.385 e. The lowest BCUT2D eigenvalue weighted by atomic mass is 10.2. The molecule has 0 aliphatic heterocycles. The van der Waals surface area contributed by atoms with Gasteiger partial charge in [0.15, 0.2) is 0 Å². The number of hydrogen-bond acceptors (Lipinski definition) is 4. The van der Waals surface area contributed by atoms with E-state index < -0.39 is 9.84 Å². The molecule has 0 fully saturated rings. The van der Waals surface area contributed by atoms with Crippen molar-refractivity contribution < 1.29 is 8.42 Å². The zero-order valence-corrected chi connectivity index (χ0v) is 11.3. The highest BCUT2D eigenvalue weighted by atomic mass is 32.2. The zero-order valence-electron chi connectivity index (χ0n) is 9.64. The Morgan fingerprint density at radius 2 is 2.12 bits per heavy atom. The van der Waals surface area contributed by atoms with Crippen molar-refractivity contribution in [1.29, 1.82) is 0 Å². The third-order valence-corrected chi connectivity index (χ3v) is 4.40. The van der Waals surface area contributed by atoms with Gasteiger partial charge in [-0.3, -0.25) is 0 Å². The molecule has 3 nitrogen and oxygen atoms in total. The zero-order chi connectivity index (χ0) is 12.3. The van der Waals surface area contributed by atoms with E-state index in [0.29, 0.717) is 13.0 Å². The first-order valence-corrected chi connectivity index (χ1v) is 8.37. The van der Waals surface area contributed by atoms with E-state index in [9.17, 15) is 8.42 Å². The van der Waals surface area contributed by atoms with Crippen molar-refractivity contribution >= 4 is 36.9 Å². The van der Waals surface area contributed by atoms with Gasteiger partial charge in [-0.25, -0.2) is 8.42 Å². The van der Waals surface area contributed by atoms with Crippen LogP contribution < -0.4 is 5.32 Å². The van der Waals surface area contributed by atoms with Crippen LogP contribution in [0, 0.1) is 0 Å². The predicted octanol–water partition coefficient (Wildman–Crippen LogP) is 2.75. The molecule has 0 amide bonds. The van der Waals surface area contributed by atoms with Gasteiger partial charge in [-0.1, -0.05) is 0 Å². The first-order chi connectivity index (χ1) is 8.04. The van der Waals surface area contributed by atoms with E-state index >= 15 is 0 Å². The predicted molar refractivity (Wildman–Crippen MR) is 74.6 cm³/mol. The van der Waals surface area contributed by atoms with Gasteiger partial charge in [0.2, 0.25) is 0 Å². The number of benzene rings is 1. The number of anilines is 1. The Hall–Kier alpha value is -1.07. The van der Waals surface area contributed by atoms with Crippen LogP contribution in [0.3, 0.4) is 0 Å². The summed E-state index contributed by atoms with van der Waals surface area (Å²) in [7, 11) is -2.84. The molecule has 0 radical (unpaired) electrons. The van der Waals surface area contributed by atoms with Gasteiger partial charge in [-0.15, -0.1) is 11.3 Å². The summed E-state index contributed by atoms with van der Waals surface area (Å²) < 4.78 is 23.2. The molecule has 0 saturated carbocycles. The number of thiophene rings is 1. The lowest BCUT2D eigenvalue weighted by Gasteiger charge is -2.05. The summed E-state index contributed by atoms with van der Waals surface area (Å²) >= 11 is 1.72. The molecule has 1 heterocycles. The molecule has 2 rings (SSSR count). The van der Waals surface area contributed by atoms with Gasteiger partial charge in [-0.2, -0.15) is 0 Å². The Kier molecular flexibility index (Phi) is 3.69. The van der Waals surface area contributed by atoms with Crippen LogP contribution in [0.15, 0.2) is 29.6 Å². The first kappa shape index (κ1) is 12.4. The number of fused-ring (bicyclic) bond motifs is 1. The summed E-state index contributed by atoms with van der Waals surface area (Å²) in [6, 6.07) is 8.28. The maximum absolute atomic E-state index is 11.0. The topological polar surface area (TPSA) is 46.2 Å². The molecule has 5 heteroatoms. The highest BCUT2D eigenvalue weighted by Crippen LogP contribution is 2.23. The van der Waals surface area contributed by atoms with Crippen LogP contribution >= 0.6 is 11.3 Å². The molecule has 0 saturated heterocycles. The minimum absolute atomic E-state index is 0.237. The highest BCUT2D eigenvalue weighted by molar-refractivity contribution is 7.90. The Morgan fingerprint density at radius 1 is 1.29 bits per heavy atom. The standard InChI is InChI=1S/C12H15NO2S2/c1-17(14,15)8-2-6-13-11-3-4-12-10(9-11)5-7-16-12/h3-5,7,9,13H,2,6,8H2,1H3. The van der Waals surface area contributed by atoms with Crippen molar-refractivity contribution in [3.63, 3.8) is 0 Å². The van der Waals surface area contributed by atoms with Crippen LogP contribution in [0.4, 0.5) is 5.69 Å². The molecule has 1 aromatic carbocycles. The van der Waals surface area contributed by atoms with Gasteiger partial charge in [0.05, 0.1) is 5.75 Å². The van der Waals surface area contributed by atoms with Gasteiger partial charge >= 0.3 is 0 Å². The van der Waals surface area contributed by atoms with Crippen LogP contribution in [0.25, 0.3) is 10.1 Å².